The first-order chi connectivity index (χ1) is 9.51. The van der Waals surface area contributed by atoms with Gasteiger partial charge in [-0.1, -0.05) is 6.07 Å². The van der Waals surface area contributed by atoms with Crippen LogP contribution in [0.2, 0.25) is 0 Å². The second kappa shape index (κ2) is 5.48. The van der Waals surface area contributed by atoms with Crippen LogP contribution in [0.5, 0.6) is 17.2 Å². The van der Waals surface area contributed by atoms with Crippen LogP contribution in [0.15, 0.2) is 36.4 Å². The lowest BCUT2D eigenvalue weighted by Crippen LogP contribution is -2.04. The van der Waals surface area contributed by atoms with Crippen LogP contribution in [-0.4, -0.2) is 18.2 Å². The van der Waals surface area contributed by atoms with E-state index in [-0.39, 0.29) is 17.0 Å². The van der Waals surface area contributed by atoms with E-state index in [4.69, 9.17) is 20.3 Å². The Labute approximate surface area is 114 Å². The second-order valence-corrected chi connectivity index (χ2v) is 3.96. The molecule has 2 aromatic carbocycles. The molecule has 0 aliphatic heterocycles. The zero-order chi connectivity index (χ0) is 14.7. The molecule has 0 radical (unpaired) electrons. The first-order valence-electron chi connectivity index (χ1n) is 5.65. The number of methoxy groups -OCH3 is 1. The standard InChI is InChI=1S/C14H12FNO4/c1-19-8-3-2-4-9(5-8)20-13-6-10(14(17)18)12(16)7-11(13)15/h2-7H,16H2,1H3,(H,17,18). The van der Waals surface area contributed by atoms with E-state index >= 15 is 0 Å². The Balaban J connectivity index is 2.37. The summed E-state index contributed by atoms with van der Waals surface area (Å²) in [5.74, 6) is -1.35. The van der Waals surface area contributed by atoms with Crippen molar-refractivity contribution in [1.29, 1.82) is 0 Å². The van der Waals surface area contributed by atoms with E-state index in [1.54, 1.807) is 24.3 Å². The van der Waals surface area contributed by atoms with Gasteiger partial charge in [-0.2, -0.15) is 0 Å². The highest BCUT2D eigenvalue weighted by molar-refractivity contribution is 5.94. The van der Waals surface area contributed by atoms with E-state index in [1.165, 1.54) is 7.11 Å². The summed E-state index contributed by atoms with van der Waals surface area (Å²) in [6.07, 6.45) is 0. The zero-order valence-corrected chi connectivity index (χ0v) is 10.6. The minimum absolute atomic E-state index is 0.159. The quantitative estimate of drug-likeness (QED) is 0.840. The molecule has 0 saturated carbocycles. The van der Waals surface area contributed by atoms with Crippen LogP contribution in [-0.2, 0) is 0 Å². The maximum Gasteiger partial charge on any atom is 0.337 e. The Morgan fingerprint density at radius 2 is 1.95 bits per heavy atom. The highest BCUT2D eigenvalue weighted by atomic mass is 19.1. The van der Waals surface area contributed by atoms with Crippen molar-refractivity contribution in [1.82, 2.24) is 0 Å². The van der Waals surface area contributed by atoms with E-state index < -0.39 is 11.8 Å². The molecule has 0 amide bonds. The minimum Gasteiger partial charge on any atom is -0.497 e. The first-order valence-corrected chi connectivity index (χ1v) is 5.65. The van der Waals surface area contributed by atoms with Crippen molar-refractivity contribution in [3.8, 4) is 17.2 Å². The van der Waals surface area contributed by atoms with Gasteiger partial charge in [0.2, 0.25) is 0 Å². The highest BCUT2D eigenvalue weighted by Crippen LogP contribution is 2.30. The Morgan fingerprint density at radius 1 is 1.25 bits per heavy atom. The second-order valence-electron chi connectivity index (χ2n) is 3.96. The summed E-state index contributed by atoms with van der Waals surface area (Å²) in [5.41, 5.74) is 5.06. The molecular formula is C14H12FNO4. The number of carboxylic acid groups (broad SMARTS) is 1. The third-order valence-corrected chi connectivity index (χ3v) is 2.60. The number of ether oxygens (including phenoxy) is 2. The van der Waals surface area contributed by atoms with Crippen molar-refractivity contribution in [2.45, 2.75) is 0 Å². The van der Waals surface area contributed by atoms with E-state index in [2.05, 4.69) is 0 Å². The third kappa shape index (κ3) is 2.80. The molecule has 6 heteroatoms. The molecular weight excluding hydrogens is 265 g/mol. The fraction of sp³-hybridized carbons (Fsp3) is 0.0714. The Morgan fingerprint density at radius 3 is 2.60 bits per heavy atom. The summed E-state index contributed by atoms with van der Waals surface area (Å²) in [4.78, 5) is 11.0. The zero-order valence-electron chi connectivity index (χ0n) is 10.6. The lowest BCUT2D eigenvalue weighted by atomic mass is 10.1. The fourth-order valence-corrected chi connectivity index (χ4v) is 1.62. The van der Waals surface area contributed by atoms with Gasteiger partial charge in [0, 0.05) is 23.9 Å². The van der Waals surface area contributed by atoms with Gasteiger partial charge in [0.05, 0.1) is 12.7 Å². The van der Waals surface area contributed by atoms with Crippen molar-refractivity contribution in [3.05, 3.63) is 47.8 Å². The number of aromatic carboxylic acids is 1. The molecule has 0 heterocycles. The summed E-state index contributed by atoms with van der Waals surface area (Å²) in [5, 5.41) is 8.95. The molecule has 0 fully saturated rings. The van der Waals surface area contributed by atoms with Crippen molar-refractivity contribution < 1.29 is 23.8 Å². The molecule has 0 unspecified atom stereocenters. The molecule has 0 atom stereocenters. The van der Waals surface area contributed by atoms with Crippen molar-refractivity contribution in [3.63, 3.8) is 0 Å². The number of rotatable bonds is 4. The number of carboxylic acids is 1. The van der Waals surface area contributed by atoms with Crippen LogP contribution in [0.25, 0.3) is 0 Å². The predicted molar refractivity (Wildman–Crippen MR) is 70.8 cm³/mol. The molecule has 0 bridgehead atoms. The number of benzene rings is 2. The maximum absolute atomic E-state index is 13.7. The van der Waals surface area contributed by atoms with E-state index in [0.717, 1.165) is 12.1 Å². The number of anilines is 1. The summed E-state index contributed by atoms with van der Waals surface area (Å²) in [6.45, 7) is 0. The molecule has 0 aromatic heterocycles. The monoisotopic (exact) mass is 277 g/mol. The average molecular weight is 277 g/mol. The van der Waals surface area contributed by atoms with Gasteiger partial charge in [-0.25, -0.2) is 9.18 Å². The molecule has 0 aliphatic rings. The summed E-state index contributed by atoms with van der Waals surface area (Å²) >= 11 is 0. The van der Waals surface area contributed by atoms with Crippen LogP contribution in [0, 0.1) is 5.82 Å². The van der Waals surface area contributed by atoms with Crippen LogP contribution in [0.1, 0.15) is 10.4 Å². The van der Waals surface area contributed by atoms with Crippen molar-refractivity contribution in [2.24, 2.45) is 0 Å². The Bertz CT molecular complexity index is 658. The predicted octanol–water partition coefficient (Wildman–Crippen LogP) is 2.91. The molecule has 5 nitrogen and oxygen atoms in total. The van der Waals surface area contributed by atoms with Crippen LogP contribution in [0.3, 0.4) is 0 Å². The molecule has 2 aromatic rings. The number of nitrogens with two attached hydrogens (primary N) is 1. The van der Waals surface area contributed by atoms with Gasteiger partial charge >= 0.3 is 5.97 Å². The SMILES string of the molecule is COc1cccc(Oc2cc(C(=O)O)c(N)cc2F)c1. The topological polar surface area (TPSA) is 81.8 Å². The van der Waals surface area contributed by atoms with Gasteiger partial charge in [-0.15, -0.1) is 0 Å². The number of carbonyl (C=O) groups is 1. The van der Waals surface area contributed by atoms with Gasteiger partial charge in [-0.05, 0) is 12.1 Å². The number of halogens is 1. The largest absolute Gasteiger partial charge is 0.497 e. The minimum atomic E-state index is -1.25. The normalized spacial score (nSPS) is 10.1. The van der Waals surface area contributed by atoms with Crippen LogP contribution >= 0.6 is 0 Å². The number of nitrogen functional groups attached to an aromatic ring is 1. The summed E-state index contributed by atoms with van der Waals surface area (Å²) in [7, 11) is 1.49. The van der Waals surface area contributed by atoms with E-state index in [9.17, 15) is 9.18 Å². The molecule has 0 aliphatic carbocycles. The lowest BCUT2D eigenvalue weighted by Gasteiger charge is -2.10. The average Bonchev–Trinajstić information content (AvgIpc) is 2.41. The van der Waals surface area contributed by atoms with Gasteiger partial charge in [0.1, 0.15) is 11.5 Å². The summed E-state index contributed by atoms with van der Waals surface area (Å²) < 4.78 is 24.1. The fourth-order valence-electron chi connectivity index (χ4n) is 1.62. The van der Waals surface area contributed by atoms with Gasteiger partial charge in [-0.3, -0.25) is 0 Å². The third-order valence-electron chi connectivity index (χ3n) is 2.60. The molecule has 0 saturated heterocycles. The highest BCUT2D eigenvalue weighted by Gasteiger charge is 2.15. The maximum atomic E-state index is 13.7. The number of hydrogen-bond donors (Lipinski definition) is 2. The van der Waals surface area contributed by atoms with Crippen molar-refractivity contribution >= 4 is 11.7 Å². The van der Waals surface area contributed by atoms with E-state index in [0.29, 0.717) is 11.5 Å². The molecule has 3 N–H and O–H groups in total. The number of hydrogen-bond acceptors (Lipinski definition) is 4. The van der Waals surface area contributed by atoms with Crippen LogP contribution < -0.4 is 15.2 Å². The molecule has 20 heavy (non-hydrogen) atoms. The van der Waals surface area contributed by atoms with E-state index in [1.807, 2.05) is 0 Å². The lowest BCUT2D eigenvalue weighted by molar-refractivity contribution is 0.0697. The molecule has 0 spiro atoms. The van der Waals surface area contributed by atoms with Crippen LogP contribution in [0.4, 0.5) is 10.1 Å². The van der Waals surface area contributed by atoms with Gasteiger partial charge in [0.25, 0.3) is 0 Å². The molecule has 2 rings (SSSR count). The molecule has 104 valence electrons. The Hall–Kier alpha value is -2.76. The van der Waals surface area contributed by atoms with Gasteiger partial charge < -0.3 is 20.3 Å². The van der Waals surface area contributed by atoms with Crippen molar-refractivity contribution in [2.75, 3.05) is 12.8 Å². The van der Waals surface area contributed by atoms with Gasteiger partial charge in [0.15, 0.2) is 11.6 Å². The summed E-state index contributed by atoms with van der Waals surface area (Å²) in [6, 6.07) is 8.48. The smallest absolute Gasteiger partial charge is 0.337 e. The Kier molecular flexibility index (Phi) is 3.74. The first kappa shape index (κ1) is 13.7.